The molecule has 80 valence electrons. The fourth-order valence-corrected chi connectivity index (χ4v) is 0.638. The zero-order valence-corrected chi connectivity index (χ0v) is 8.34. The Kier molecular flexibility index (Phi) is 6.17. The summed E-state index contributed by atoms with van der Waals surface area (Å²) in [4.78, 5) is 0. The van der Waals surface area contributed by atoms with Gasteiger partial charge in [0.1, 0.15) is 6.23 Å². The van der Waals surface area contributed by atoms with E-state index in [1.165, 1.54) is 6.92 Å². The second-order valence-corrected chi connectivity index (χ2v) is 4.29. The van der Waals surface area contributed by atoms with Gasteiger partial charge in [0.25, 0.3) is 10.1 Å². The highest BCUT2D eigenvalue weighted by Crippen LogP contribution is 1.77. The summed E-state index contributed by atoms with van der Waals surface area (Å²) in [5, 5.41) is 14.6. The van der Waals surface area contributed by atoms with Crippen molar-refractivity contribution in [1.82, 2.24) is 10.6 Å². The molecule has 1 heterocycles. The van der Waals surface area contributed by atoms with Gasteiger partial charge >= 0.3 is 0 Å². The van der Waals surface area contributed by atoms with Gasteiger partial charge in [-0.05, 0) is 6.92 Å². The molecule has 6 nitrogen and oxygen atoms in total. The smallest absolute Gasteiger partial charge is 0.264 e. The summed E-state index contributed by atoms with van der Waals surface area (Å²) < 4.78 is 26.9. The molecular formula is C6H16N2O4S. The van der Waals surface area contributed by atoms with Crippen LogP contribution in [0.3, 0.4) is 0 Å². The second kappa shape index (κ2) is 6.28. The Balaban J connectivity index is 0.000000226. The largest absolute Gasteiger partial charge is 0.377 e. The normalized spacial score (nSPS) is 23.2. The SMILES string of the molecule is CCS(=O)(=O)O.OC1CNCCN1. The van der Waals surface area contributed by atoms with E-state index in [2.05, 4.69) is 10.6 Å². The van der Waals surface area contributed by atoms with E-state index in [1.807, 2.05) is 0 Å². The van der Waals surface area contributed by atoms with Gasteiger partial charge in [-0.15, -0.1) is 0 Å². The Labute approximate surface area is 78.1 Å². The van der Waals surface area contributed by atoms with Crippen LogP contribution < -0.4 is 10.6 Å². The van der Waals surface area contributed by atoms with E-state index in [1.54, 1.807) is 0 Å². The van der Waals surface area contributed by atoms with Crippen molar-refractivity contribution in [1.29, 1.82) is 0 Å². The van der Waals surface area contributed by atoms with Gasteiger partial charge in [0.15, 0.2) is 0 Å². The average molecular weight is 212 g/mol. The molecule has 0 radical (unpaired) electrons. The van der Waals surface area contributed by atoms with Crippen molar-refractivity contribution in [2.45, 2.75) is 13.2 Å². The molecule has 1 fully saturated rings. The number of aliphatic hydroxyl groups is 1. The van der Waals surface area contributed by atoms with Gasteiger partial charge in [-0.1, -0.05) is 0 Å². The number of nitrogens with one attached hydrogen (secondary N) is 2. The molecule has 1 saturated heterocycles. The number of piperazine rings is 1. The number of hydrogen-bond donors (Lipinski definition) is 4. The summed E-state index contributed by atoms with van der Waals surface area (Å²) in [5.74, 6) is -0.201. The lowest BCUT2D eigenvalue weighted by Gasteiger charge is -2.18. The maximum Gasteiger partial charge on any atom is 0.264 e. The second-order valence-electron chi connectivity index (χ2n) is 2.54. The van der Waals surface area contributed by atoms with Gasteiger partial charge in [-0.2, -0.15) is 8.42 Å². The summed E-state index contributed by atoms with van der Waals surface area (Å²) in [5.41, 5.74) is 0. The van der Waals surface area contributed by atoms with Crippen molar-refractivity contribution in [3.63, 3.8) is 0 Å². The van der Waals surface area contributed by atoms with E-state index in [4.69, 9.17) is 9.66 Å². The van der Waals surface area contributed by atoms with E-state index in [-0.39, 0.29) is 12.0 Å². The van der Waals surface area contributed by atoms with Crippen LogP contribution in [0.5, 0.6) is 0 Å². The first-order chi connectivity index (χ1) is 5.95. The Hall–Kier alpha value is -0.210. The van der Waals surface area contributed by atoms with Crippen LogP contribution in [0, 0.1) is 0 Å². The van der Waals surface area contributed by atoms with Crippen molar-refractivity contribution in [2.24, 2.45) is 0 Å². The molecule has 1 unspecified atom stereocenters. The van der Waals surface area contributed by atoms with E-state index in [0.717, 1.165) is 13.1 Å². The number of rotatable bonds is 1. The first-order valence-electron chi connectivity index (χ1n) is 4.03. The predicted molar refractivity (Wildman–Crippen MR) is 49.0 cm³/mol. The minimum atomic E-state index is -3.66. The quantitative estimate of drug-likeness (QED) is 0.390. The summed E-state index contributed by atoms with van der Waals surface area (Å²) >= 11 is 0. The van der Waals surface area contributed by atoms with Gasteiger partial charge < -0.3 is 10.4 Å². The lowest BCUT2D eigenvalue weighted by atomic mass is 10.4. The monoisotopic (exact) mass is 212 g/mol. The van der Waals surface area contributed by atoms with Gasteiger partial charge in [0.2, 0.25) is 0 Å². The summed E-state index contributed by atoms with van der Waals surface area (Å²) in [7, 11) is -3.66. The fraction of sp³-hybridized carbons (Fsp3) is 1.00. The number of aliphatic hydroxyl groups excluding tert-OH is 1. The molecule has 0 aromatic rings. The molecule has 0 aromatic carbocycles. The third kappa shape index (κ3) is 9.71. The Morgan fingerprint density at radius 1 is 1.46 bits per heavy atom. The Bertz CT molecular complexity index is 211. The standard InChI is InChI=1S/C4H10N2O.C2H6O3S/c7-4-3-5-1-2-6-4;1-2-6(3,4)5/h4-7H,1-3H2;2H2,1H3,(H,3,4,5). The van der Waals surface area contributed by atoms with Gasteiger partial charge in [-0.3, -0.25) is 9.87 Å². The lowest BCUT2D eigenvalue weighted by molar-refractivity contribution is 0.120. The molecule has 1 rings (SSSR count). The zero-order chi connectivity index (χ0) is 10.3. The maximum atomic E-state index is 9.56. The highest BCUT2D eigenvalue weighted by Gasteiger charge is 2.04. The van der Waals surface area contributed by atoms with E-state index in [0.29, 0.717) is 6.54 Å². The fourth-order valence-electron chi connectivity index (χ4n) is 0.638. The van der Waals surface area contributed by atoms with Crippen LogP contribution in [-0.2, 0) is 10.1 Å². The first kappa shape index (κ1) is 12.8. The van der Waals surface area contributed by atoms with E-state index < -0.39 is 10.1 Å². The van der Waals surface area contributed by atoms with Crippen LogP contribution in [0.25, 0.3) is 0 Å². The van der Waals surface area contributed by atoms with Crippen LogP contribution in [-0.4, -0.2) is 49.7 Å². The minimum Gasteiger partial charge on any atom is -0.377 e. The minimum absolute atomic E-state index is 0.201. The van der Waals surface area contributed by atoms with Crippen LogP contribution >= 0.6 is 0 Å². The van der Waals surface area contributed by atoms with Crippen LogP contribution in [0.2, 0.25) is 0 Å². The molecule has 0 saturated carbocycles. The van der Waals surface area contributed by atoms with Crippen LogP contribution in [0.1, 0.15) is 6.92 Å². The average Bonchev–Trinajstić information content (AvgIpc) is 2.06. The predicted octanol–water partition coefficient (Wildman–Crippen LogP) is -1.61. The molecule has 1 atom stereocenters. The topological polar surface area (TPSA) is 98.7 Å². The molecule has 1 aliphatic rings. The summed E-state index contributed by atoms with van der Waals surface area (Å²) in [6, 6.07) is 0. The number of β-amino-alcohol motifs (C(OH)–C–C–N with tert-alkyl or cyclic N) is 1. The van der Waals surface area contributed by atoms with Crippen LogP contribution in [0.4, 0.5) is 0 Å². The van der Waals surface area contributed by atoms with Crippen LogP contribution in [0.15, 0.2) is 0 Å². The molecular weight excluding hydrogens is 196 g/mol. The summed E-state index contributed by atoms with van der Waals surface area (Å²) in [6.45, 7) is 3.90. The van der Waals surface area contributed by atoms with E-state index in [9.17, 15) is 8.42 Å². The van der Waals surface area contributed by atoms with Crippen molar-refractivity contribution in [3.8, 4) is 0 Å². The third-order valence-corrected chi connectivity index (χ3v) is 2.11. The molecule has 0 amide bonds. The summed E-state index contributed by atoms with van der Waals surface area (Å²) in [6.07, 6.45) is -0.325. The molecule has 0 spiro atoms. The number of hydrogen-bond acceptors (Lipinski definition) is 5. The Morgan fingerprint density at radius 2 is 2.00 bits per heavy atom. The van der Waals surface area contributed by atoms with Crippen molar-refractivity contribution in [3.05, 3.63) is 0 Å². The third-order valence-electron chi connectivity index (χ3n) is 1.38. The van der Waals surface area contributed by atoms with E-state index >= 15 is 0 Å². The lowest BCUT2D eigenvalue weighted by Crippen LogP contribution is -2.47. The zero-order valence-electron chi connectivity index (χ0n) is 7.52. The van der Waals surface area contributed by atoms with Crippen molar-refractivity contribution >= 4 is 10.1 Å². The molecule has 1 aliphatic heterocycles. The van der Waals surface area contributed by atoms with Gasteiger partial charge in [-0.25, -0.2) is 0 Å². The first-order valence-corrected chi connectivity index (χ1v) is 5.64. The highest BCUT2D eigenvalue weighted by atomic mass is 32.2. The van der Waals surface area contributed by atoms with Gasteiger partial charge in [0, 0.05) is 19.6 Å². The molecule has 7 heteroatoms. The maximum absolute atomic E-state index is 9.56. The molecule has 13 heavy (non-hydrogen) atoms. The highest BCUT2D eigenvalue weighted by molar-refractivity contribution is 7.85. The molecule has 0 aromatic heterocycles. The van der Waals surface area contributed by atoms with Crippen molar-refractivity contribution < 1.29 is 18.1 Å². The molecule has 0 aliphatic carbocycles. The van der Waals surface area contributed by atoms with Gasteiger partial charge in [0.05, 0.1) is 5.75 Å². The molecule has 0 bridgehead atoms. The van der Waals surface area contributed by atoms with Crippen molar-refractivity contribution in [2.75, 3.05) is 25.4 Å². The molecule has 4 N–H and O–H groups in total. The Morgan fingerprint density at radius 3 is 2.15 bits per heavy atom.